The molecular formula is C13H17ClN4O2S. The van der Waals surface area contributed by atoms with Gasteiger partial charge < -0.3 is 4.90 Å². The van der Waals surface area contributed by atoms with Crippen molar-refractivity contribution >= 4 is 35.2 Å². The van der Waals surface area contributed by atoms with E-state index < -0.39 is 0 Å². The Hall–Kier alpha value is -1.31. The fraction of sp³-hybridized carbons (Fsp3) is 0.462. The SMILES string of the molecule is NNC(=O)C1CCN(C(=O)CSc2ccc(Cl)cn2)CC1. The Labute approximate surface area is 132 Å². The van der Waals surface area contributed by atoms with Crippen LogP contribution in [0.4, 0.5) is 0 Å². The minimum absolute atomic E-state index is 0.0587. The normalized spacial score (nSPS) is 15.8. The lowest BCUT2D eigenvalue weighted by Gasteiger charge is -2.30. The number of nitrogens with two attached hydrogens (primary N) is 1. The van der Waals surface area contributed by atoms with Crippen LogP contribution in [0.25, 0.3) is 0 Å². The predicted molar refractivity (Wildman–Crippen MR) is 81.6 cm³/mol. The molecule has 0 aromatic carbocycles. The number of halogens is 1. The number of hydrazine groups is 1. The average Bonchev–Trinajstić information content (AvgIpc) is 2.53. The molecule has 0 radical (unpaired) electrons. The molecular weight excluding hydrogens is 312 g/mol. The van der Waals surface area contributed by atoms with Crippen molar-refractivity contribution in [3.63, 3.8) is 0 Å². The highest BCUT2D eigenvalue weighted by atomic mass is 35.5. The maximum absolute atomic E-state index is 12.1. The predicted octanol–water partition coefficient (Wildman–Crippen LogP) is 1.06. The molecule has 114 valence electrons. The molecule has 1 aliphatic heterocycles. The number of piperidine rings is 1. The third-order valence-corrected chi connectivity index (χ3v) is 4.56. The van der Waals surface area contributed by atoms with Gasteiger partial charge in [-0.2, -0.15) is 0 Å². The van der Waals surface area contributed by atoms with E-state index in [2.05, 4.69) is 10.4 Å². The lowest BCUT2D eigenvalue weighted by atomic mass is 9.96. The Balaban J connectivity index is 1.77. The van der Waals surface area contributed by atoms with Gasteiger partial charge in [-0.25, -0.2) is 10.8 Å². The molecule has 1 fully saturated rings. The standard InChI is InChI=1S/C13H17ClN4O2S/c14-10-1-2-11(16-7-10)21-8-12(19)18-5-3-9(4-6-18)13(20)17-15/h1-2,7,9H,3-6,8,15H2,(H,17,20). The van der Waals surface area contributed by atoms with Gasteiger partial charge in [-0.05, 0) is 25.0 Å². The average molecular weight is 329 g/mol. The van der Waals surface area contributed by atoms with Gasteiger partial charge in [-0.15, -0.1) is 0 Å². The number of hydrogen-bond donors (Lipinski definition) is 2. The Kier molecular flexibility index (Phi) is 5.84. The highest BCUT2D eigenvalue weighted by molar-refractivity contribution is 7.99. The number of aromatic nitrogens is 1. The second-order valence-electron chi connectivity index (χ2n) is 4.77. The van der Waals surface area contributed by atoms with Gasteiger partial charge in [-0.1, -0.05) is 23.4 Å². The molecule has 2 rings (SSSR count). The van der Waals surface area contributed by atoms with Gasteiger partial charge in [0.05, 0.1) is 15.8 Å². The molecule has 2 heterocycles. The van der Waals surface area contributed by atoms with Crippen LogP contribution in [0.1, 0.15) is 12.8 Å². The number of carbonyl (C=O) groups is 2. The molecule has 21 heavy (non-hydrogen) atoms. The van der Waals surface area contributed by atoms with Crippen molar-refractivity contribution in [2.75, 3.05) is 18.8 Å². The molecule has 1 aromatic heterocycles. The van der Waals surface area contributed by atoms with E-state index in [1.165, 1.54) is 11.8 Å². The van der Waals surface area contributed by atoms with Crippen LogP contribution in [0.2, 0.25) is 5.02 Å². The quantitative estimate of drug-likeness (QED) is 0.373. The number of rotatable bonds is 4. The largest absolute Gasteiger partial charge is 0.342 e. The first-order chi connectivity index (χ1) is 10.1. The zero-order valence-electron chi connectivity index (χ0n) is 11.4. The third-order valence-electron chi connectivity index (χ3n) is 3.40. The number of amides is 2. The summed E-state index contributed by atoms with van der Waals surface area (Å²) in [6, 6.07) is 3.54. The summed E-state index contributed by atoms with van der Waals surface area (Å²) in [6.45, 7) is 1.18. The van der Waals surface area contributed by atoms with E-state index in [4.69, 9.17) is 17.4 Å². The molecule has 8 heteroatoms. The first-order valence-corrected chi connectivity index (χ1v) is 7.99. The summed E-state index contributed by atoms with van der Waals surface area (Å²) in [7, 11) is 0. The van der Waals surface area contributed by atoms with E-state index in [0.717, 1.165) is 5.03 Å². The van der Waals surface area contributed by atoms with E-state index in [1.54, 1.807) is 23.2 Å². The number of pyridine rings is 1. The number of nitrogens with one attached hydrogen (secondary N) is 1. The zero-order chi connectivity index (χ0) is 15.2. The molecule has 0 saturated carbocycles. The van der Waals surface area contributed by atoms with Crippen LogP contribution in [-0.4, -0.2) is 40.5 Å². The summed E-state index contributed by atoms with van der Waals surface area (Å²) in [5.74, 6) is 5.27. The number of carbonyl (C=O) groups excluding carboxylic acids is 2. The van der Waals surface area contributed by atoms with Crippen molar-refractivity contribution in [3.05, 3.63) is 23.4 Å². The molecule has 0 unspecified atom stereocenters. The molecule has 6 nitrogen and oxygen atoms in total. The topological polar surface area (TPSA) is 88.3 Å². The van der Waals surface area contributed by atoms with Gasteiger partial charge in [0.15, 0.2) is 0 Å². The van der Waals surface area contributed by atoms with Crippen molar-refractivity contribution in [2.24, 2.45) is 11.8 Å². The fourth-order valence-electron chi connectivity index (χ4n) is 2.18. The van der Waals surface area contributed by atoms with Gasteiger partial charge in [0.25, 0.3) is 0 Å². The van der Waals surface area contributed by atoms with Crippen LogP contribution in [0.15, 0.2) is 23.4 Å². The summed E-state index contributed by atoms with van der Waals surface area (Å²) in [4.78, 5) is 29.4. The first-order valence-electron chi connectivity index (χ1n) is 6.62. The molecule has 0 aliphatic carbocycles. The Morgan fingerprint density at radius 3 is 2.71 bits per heavy atom. The summed E-state index contributed by atoms with van der Waals surface area (Å²) < 4.78 is 0. The summed E-state index contributed by atoms with van der Waals surface area (Å²) in [5, 5.41) is 1.34. The van der Waals surface area contributed by atoms with Gasteiger partial charge in [0.2, 0.25) is 11.8 Å². The number of thioether (sulfide) groups is 1. The molecule has 0 spiro atoms. The lowest BCUT2D eigenvalue weighted by Crippen LogP contribution is -2.45. The Morgan fingerprint density at radius 2 is 2.14 bits per heavy atom. The minimum Gasteiger partial charge on any atom is -0.342 e. The van der Waals surface area contributed by atoms with Crippen molar-refractivity contribution in [3.8, 4) is 0 Å². The highest BCUT2D eigenvalue weighted by Crippen LogP contribution is 2.21. The van der Waals surface area contributed by atoms with Crippen LogP contribution in [-0.2, 0) is 9.59 Å². The Bertz CT molecular complexity index is 503. The fourth-order valence-corrected chi connectivity index (χ4v) is 3.04. The summed E-state index contributed by atoms with van der Waals surface area (Å²) in [5.41, 5.74) is 2.16. The summed E-state index contributed by atoms with van der Waals surface area (Å²) >= 11 is 7.14. The van der Waals surface area contributed by atoms with Gasteiger partial charge >= 0.3 is 0 Å². The lowest BCUT2D eigenvalue weighted by molar-refractivity contribution is -0.133. The number of nitrogens with zero attached hydrogens (tertiary/aromatic N) is 2. The highest BCUT2D eigenvalue weighted by Gasteiger charge is 2.26. The van der Waals surface area contributed by atoms with E-state index in [9.17, 15) is 9.59 Å². The third kappa shape index (κ3) is 4.59. The smallest absolute Gasteiger partial charge is 0.237 e. The molecule has 1 aromatic rings. The maximum atomic E-state index is 12.1. The second kappa shape index (κ2) is 7.63. The molecule has 0 atom stereocenters. The van der Waals surface area contributed by atoms with Crippen LogP contribution in [0.5, 0.6) is 0 Å². The van der Waals surface area contributed by atoms with Crippen LogP contribution in [0, 0.1) is 5.92 Å². The van der Waals surface area contributed by atoms with E-state index >= 15 is 0 Å². The van der Waals surface area contributed by atoms with E-state index in [0.29, 0.717) is 36.7 Å². The van der Waals surface area contributed by atoms with Gasteiger partial charge in [-0.3, -0.25) is 15.0 Å². The number of hydrogen-bond acceptors (Lipinski definition) is 5. The molecule has 0 bridgehead atoms. The Morgan fingerprint density at radius 1 is 1.43 bits per heavy atom. The first kappa shape index (κ1) is 16.1. The zero-order valence-corrected chi connectivity index (χ0v) is 13.0. The number of likely N-dealkylation sites (tertiary alicyclic amines) is 1. The van der Waals surface area contributed by atoms with Crippen molar-refractivity contribution in [2.45, 2.75) is 17.9 Å². The minimum atomic E-state index is -0.151. The van der Waals surface area contributed by atoms with Gasteiger partial charge in [0.1, 0.15) is 0 Å². The maximum Gasteiger partial charge on any atom is 0.237 e. The van der Waals surface area contributed by atoms with E-state index in [-0.39, 0.29) is 17.7 Å². The van der Waals surface area contributed by atoms with Crippen LogP contribution < -0.4 is 11.3 Å². The van der Waals surface area contributed by atoms with Crippen molar-refractivity contribution in [1.82, 2.24) is 15.3 Å². The monoisotopic (exact) mass is 328 g/mol. The molecule has 2 amide bonds. The van der Waals surface area contributed by atoms with Crippen molar-refractivity contribution < 1.29 is 9.59 Å². The second-order valence-corrected chi connectivity index (χ2v) is 6.20. The molecule has 3 N–H and O–H groups in total. The van der Waals surface area contributed by atoms with Crippen LogP contribution >= 0.6 is 23.4 Å². The summed E-state index contributed by atoms with van der Waals surface area (Å²) in [6.07, 6.45) is 2.86. The van der Waals surface area contributed by atoms with Crippen molar-refractivity contribution in [1.29, 1.82) is 0 Å². The van der Waals surface area contributed by atoms with Gasteiger partial charge in [0, 0.05) is 25.2 Å². The van der Waals surface area contributed by atoms with E-state index in [1.807, 2.05) is 0 Å². The molecule has 1 aliphatic rings. The molecule has 1 saturated heterocycles. The van der Waals surface area contributed by atoms with Crippen LogP contribution in [0.3, 0.4) is 0 Å².